The summed E-state index contributed by atoms with van der Waals surface area (Å²) in [7, 11) is 0. The van der Waals surface area contributed by atoms with Crippen molar-refractivity contribution in [3.63, 3.8) is 0 Å². The molecule has 16 heavy (non-hydrogen) atoms. The van der Waals surface area contributed by atoms with Crippen molar-refractivity contribution < 1.29 is 14.3 Å². The lowest BCUT2D eigenvalue weighted by Crippen LogP contribution is -2.10. The highest BCUT2D eigenvalue weighted by Crippen LogP contribution is 2.20. The maximum atomic E-state index is 13.2. The van der Waals surface area contributed by atoms with Crippen LogP contribution in [0.15, 0.2) is 36.2 Å². The van der Waals surface area contributed by atoms with E-state index in [1.54, 1.807) is 13.8 Å². The number of aliphatic carboxylic acids is 1. The quantitative estimate of drug-likeness (QED) is 0.719. The van der Waals surface area contributed by atoms with Crippen molar-refractivity contribution in [2.24, 2.45) is 5.92 Å². The molecule has 0 heterocycles. The summed E-state index contributed by atoms with van der Waals surface area (Å²) in [6, 6.07) is 0. The zero-order chi connectivity index (χ0) is 13.1. The molecule has 0 radical (unpaired) electrons. The van der Waals surface area contributed by atoms with E-state index in [9.17, 15) is 9.18 Å². The summed E-state index contributed by atoms with van der Waals surface area (Å²) in [5, 5.41) is 8.66. The van der Waals surface area contributed by atoms with Gasteiger partial charge in [0.2, 0.25) is 0 Å². The standard InChI is InChI=1S/C11H15FO2.C2H6/c1-4-6-9(10(12)5-2)7-8(3)11(13)14;1-2/h4-6,8H,1,7H2,2-3H3,(H,13,14);1-2H3/b9-6-,10-5+;. The summed E-state index contributed by atoms with van der Waals surface area (Å²) in [5.74, 6) is -1.91. The lowest BCUT2D eigenvalue weighted by molar-refractivity contribution is -0.141. The highest BCUT2D eigenvalue weighted by molar-refractivity contribution is 5.70. The van der Waals surface area contributed by atoms with E-state index in [2.05, 4.69) is 6.58 Å². The van der Waals surface area contributed by atoms with E-state index < -0.39 is 17.7 Å². The first-order valence-corrected chi connectivity index (χ1v) is 5.39. The van der Waals surface area contributed by atoms with Crippen LogP contribution in [0.2, 0.25) is 0 Å². The molecule has 0 rings (SSSR count). The van der Waals surface area contributed by atoms with Crippen molar-refractivity contribution in [2.75, 3.05) is 0 Å². The molecule has 1 unspecified atom stereocenters. The molecule has 92 valence electrons. The Kier molecular flexibility index (Phi) is 10.8. The summed E-state index contributed by atoms with van der Waals surface area (Å²) < 4.78 is 13.2. The van der Waals surface area contributed by atoms with Crippen molar-refractivity contribution in [3.05, 3.63) is 36.2 Å². The number of halogens is 1. The lowest BCUT2D eigenvalue weighted by atomic mass is 10.00. The molecule has 0 aliphatic rings. The minimum absolute atomic E-state index is 0.178. The van der Waals surface area contributed by atoms with Gasteiger partial charge in [0.1, 0.15) is 5.83 Å². The fourth-order valence-electron chi connectivity index (χ4n) is 0.990. The maximum Gasteiger partial charge on any atom is 0.306 e. The largest absolute Gasteiger partial charge is 0.481 e. The van der Waals surface area contributed by atoms with Crippen LogP contribution in [0.1, 0.15) is 34.1 Å². The fraction of sp³-hybridized carbons (Fsp3) is 0.462. The third-order valence-corrected chi connectivity index (χ3v) is 1.83. The van der Waals surface area contributed by atoms with Crippen LogP contribution in [0.5, 0.6) is 0 Å². The van der Waals surface area contributed by atoms with Gasteiger partial charge in [-0.25, -0.2) is 4.39 Å². The Labute approximate surface area is 97.2 Å². The normalized spacial score (nSPS) is 13.6. The lowest BCUT2D eigenvalue weighted by Gasteiger charge is -2.08. The number of rotatable bonds is 5. The van der Waals surface area contributed by atoms with Crippen LogP contribution < -0.4 is 0 Å². The molecule has 1 atom stereocenters. The van der Waals surface area contributed by atoms with E-state index in [0.717, 1.165) is 0 Å². The third-order valence-electron chi connectivity index (χ3n) is 1.83. The van der Waals surface area contributed by atoms with Crippen molar-refractivity contribution in [1.82, 2.24) is 0 Å². The van der Waals surface area contributed by atoms with Gasteiger partial charge in [-0.3, -0.25) is 4.79 Å². The number of carboxylic acids is 1. The van der Waals surface area contributed by atoms with E-state index in [0.29, 0.717) is 5.57 Å². The number of carbonyl (C=O) groups is 1. The van der Waals surface area contributed by atoms with Crippen molar-refractivity contribution in [3.8, 4) is 0 Å². The van der Waals surface area contributed by atoms with Crippen molar-refractivity contribution in [1.29, 1.82) is 0 Å². The highest BCUT2D eigenvalue weighted by atomic mass is 19.1. The second-order valence-corrected chi connectivity index (χ2v) is 3.01. The Bertz CT molecular complexity index is 278. The molecule has 0 aromatic rings. The molecule has 0 spiro atoms. The van der Waals surface area contributed by atoms with Gasteiger partial charge in [-0.1, -0.05) is 45.6 Å². The molecular formula is C13H21FO2. The zero-order valence-corrected chi connectivity index (χ0v) is 10.5. The van der Waals surface area contributed by atoms with Gasteiger partial charge in [-0.05, 0) is 18.9 Å². The van der Waals surface area contributed by atoms with Gasteiger partial charge in [0.15, 0.2) is 0 Å². The van der Waals surface area contributed by atoms with Crippen LogP contribution in [0.4, 0.5) is 4.39 Å². The number of allylic oxidation sites excluding steroid dienone is 5. The first kappa shape index (κ1) is 17.0. The zero-order valence-electron chi connectivity index (χ0n) is 10.5. The van der Waals surface area contributed by atoms with Gasteiger partial charge in [0, 0.05) is 0 Å². The number of carboxylic acid groups (broad SMARTS) is 1. The average molecular weight is 228 g/mol. The molecule has 0 aromatic heterocycles. The predicted molar refractivity (Wildman–Crippen MR) is 65.9 cm³/mol. The number of hydrogen-bond acceptors (Lipinski definition) is 1. The van der Waals surface area contributed by atoms with Crippen LogP contribution in [0.25, 0.3) is 0 Å². The molecule has 0 bridgehead atoms. The summed E-state index contributed by atoms with van der Waals surface area (Å²) in [6.45, 7) is 10.6. The van der Waals surface area contributed by atoms with E-state index in [1.165, 1.54) is 18.2 Å². The molecule has 0 saturated heterocycles. The Hall–Kier alpha value is -1.38. The van der Waals surface area contributed by atoms with E-state index in [-0.39, 0.29) is 6.42 Å². The molecule has 0 aliphatic carbocycles. The molecule has 1 N–H and O–H groups in total. The van der Waals surface area contributed by atoms with Gasteiger partial charge < -0.3 is 5.11 Å². The van der Waals surface area contributed by atoms with E-state index in [4.69, 9.17) is 5.11 Å². The van der Waals surface area contributed by atoms with Crippen LogP contribution in [-0.2, 0) is 4.79 Å². The van der Waals surface area contributed by atoms with Gasteiger partial charge in [-0.2, -0.15) is 0 Å². The molecule has 3 heteroatoms. The molecular weight excluding hydrogens is 207 g/mol. The molecule has 0 aliphatic heterocycles. The van der Waals surface area contributed by atoms with E-state index in [1.807, 2.05) is 13.8 Å². The topological polar surface area (TPSA) is 37.3 Å². The molecule has 0 fully saturated rings. The SMILES string of the molecule is C=C/C=C(CC(C)C(=O)O)\C(F)=C/C.CC. The summed E-state index contributed by atoms with van der Waals surface area (Å²) in [4.78, 5) is 10.6. The van der Waals surface area contributed by atoms with Gasteiger partial charge in [0.25, 0.3) is 0 Å². The van der Waals surface area contributed by atoms with Crippen LogP contribution in [0.3, 0.4) is 0 Å². The summed E-state index contributed by atoms with van der Waals surface area (Å²) in [6.07, 6.45) is 4.43. The van der Waals surface area contributed by atoms with E-state index >= 15 is 0 Å². The van der Waals surface area contributed by atoms with Gasteiger partial charge >= 0.3 is 5.97 Å². The second kappa shape index (κ2) is 10.1. The Morgan fingerprint density at radius 1 is 1.50 bits per heavy atom. The minimum Gasteiger partial charge on any atom is -0.481 e. The van der Waals surface area contributed by atoms with Crippen LogP contribution in [0, 0.1) is 5.92 Å². The Morgan fingerprint density at radius 2 is 2.00 bits per heavy atom. The highest BCUT2D eigenvalue weighted by Gasteiger charge is 2.14. The summed E-state index contributed by atoms with van der Waals surface area (Å²) in [5.41, 5.74) is 0.373. The smallest absolute Gasteiger partial charge is 0.306 e. The molecule has 0 saturated carbocycles. The third kappa shape index (κ3) is 6.98. The molecule has 0 amide bonds. The first-order valence-electron chi connectivity index (χ1n) is 5.39. The van der Waals surface area contributed by atoms with Crippen LogP contribution in [-0.4, -0.2) is 11.1 Å². The summed E-state index contributed by atoms with van der Waals surface area (Å²) >= 11 is 0. The van der Waals surface area contributed by atoms with Gasteiger partial charge in [-0.15, -0.1) is 0 Å². The minimum atomic E-state index is -0.927. The first-order chi connectivity index (χ1) is 7.52. The number of hydrogen-bond donors (Lipinski definition) is 1. The average Bonchev–Trinajstić information content (AvgIpc) is 2.29. The Morgan fingerprint density at radius 3 is 2.31 bits per heavy atom. The molecule has 0 aromatic carbocycles. The van der Waals surface area contributed by atoms with Gasteiger partial charge in [0.05, 0.1) is 5.92 Å². The maximum absolute atomic E-state index is 13.2. The van der Waals surface area contributed by atoms with Crippen LogP contribution >= 0.6 is 0 Å². The Balaban J connectivity index is 0. The van der Waals surface area contributed by atoms with Crippen molar-refractivity contribution in [2.45, 2.75) is 34.1 Å². The fourth-order valence-corrected chi connectivity index (χ4v) is 0.990. The monoisotopic (exact) mass is 228 g/mol. The second-order valence-electron chi connectivity index (χ2n) is 3.01. The predicted octanol–water partition coefficient (Wildman–Crippen LogP) is 4.11. The van der Waals surface area contributed by atoms with Crippen molar-refractivity contribution >= 4 is 5.97 Å². The molecule has 2 nitrogen and oxygen atoms in total.